The largest absolute Gasteiger partial charge is 0.481 e. The van der Waals surface area contributed by atoms with Gasteiger partial charge in [-0.3, -0.25) is 4.79 Å². The lowest BCUT2D eigenvalue weighted by atomic mass is 9.72. The third kappa shape index (κ3) is 3.53. The lowest BCUT2D eigenvalue weighted by Gasteiger charge is -2.46. The van der Waals surface area contributed by atoms with Gasteiger partial charge in [0, 0.05) is 18.3 Å². The predicted octanol–water partition coefficient (Wildman–Crippen LogP) is 3.94. The quantitative estimate of drug-likeness (QED) is 0.885. The molecule has 1 aliphatic rings. The summed E-state index contributed by atoms with van der Waals surface area (Å²) in [6.45, 7) is 5.22. The van der Waals surface area contributed by atoms with Crippen molar-refractivity contribution in [1.29, 1.82) is 0 Å². The van der Waals surface area contributed by atoms with Gasteiger partial charge in [0.15, 0.2) is 0 Å². The first-order valence-electron chi connectivity index (χ1n) is 7.54. The maximum absolute atomic E-state index is 11.0. The fourth-order valence-electron chi connectivity index (χ4n) is 3.35. The molecule has 0 heterocycles. The summed E-state index contributed by atoms with van der Waals surface area (Å²) < 4.78 is 0. The molecule has 1 N–H and O–H groups in total. The number of carboxylic acid groups (broad SMARTS) is 1. The zero-order valence-electron chi connectivity index (χ0n) is 12.5. The summed E-state index contributed by atoms with van der Waals surface area (Å²) in [4.78, 5) is 13.3. The van der Waals surface area contributed by atoms with E-state index in [0.29, 0.717) is 12.6 Å². The topological polar surface area (TPSA) is 40.5 Å². The molecule has 1 unspecified atom stereocenters. The van der Waals surface area contributed by atoms with Gasteiger partial charge in [0.05, 0.1) is 6.42 Å². The van der Waals surface area contributed by atoms with Gasteiger partial charge in [-0.1, -0.05) is 44.9 Å². The van der Waals surface area contributed by atoms with E-state index in [4.69, 9.17) is 5.11 Å². The Morgan fingerprint density at radius 2 is 2.00 bits per heavy atom. The van der Waals surface area contributed by atoms with Crippen molar-refractivity contribution in [2.24, 2.45) is 5.41 Å². The minimum Gasteiger partial charge on any atom is -0.481 e. The van der Waals surface area contributed by atoms with Crippen molar-refractivity contribution in [3.8, 4) is 0 Å². The number of carboxylic acids is 1. The molecule has 0 amide bonds. The van der Waals surface area contributed by atoms with Gasteiger partial charge in [-0.2, -0.15) is 0 Å². The highest BCUT2D eigenvalue weighted by Crippen LogP contribution is 2.40. The summed E-state index contributed by atoms with van der Waals surface area (Å²) in [7, 11) is 0. The predicted molar refractivity (Wildman–Crippen MR) is 82.1 cm³/mol. The average Bonchev–Trinajstić information content (AvgIpc) is 2.41. The molecule has 110 valence electrons. The summed E-state index contributed by atoms with van der Waals surface area (Å²) in [5.74, 6) is -0.723. The van der Waals surface area contributed by atoms with Gasteiger partial charge in [-0.15, -0.1) is 0 Å². The molecule has 2 rings (SSSR count). The molecule has 0 aliphatic heterocycles. The summed E-state index contributed by atoms with van der Waals surface area (Å²) in [6, 6.07) is 10.7. The van der Waals surface area contributed by atoms with Crippen molar-refractivity contribution in [3.05, 3.63) is 30.3 Å². The van der Waals surface area contributed by atoms with Crippen LogP contribution in [0.1, 0.15) is 46.0 Å². The Labute approximate surface area is 121 Å². The summed E-state index contributed by atoms with van der Waals surface area (Å²) in [6.07, 6.45) is 5.09. The van der Waals surface area contributed by atoms with Crippen LogP contribution in [-0.2, 0) is 4.79 Å². The standard InChI is InChI=1S/C17H25NO2/c1-17(2)12-7-6-10-15(17)18(13-11-16(19)20)14-8-4-3-5-9-14/h3-5,8-9,15H,6-7,10-13H2,1-2H3,(H,19,20). The van der Waals surface area contributed by atoms with E-state index in [1.165, 1.54) is 19.3 Å². The van der Waals surface area contributed by atoms with Crippen LogP contribution in [0.3, 0.4) is 0 Å². The highest BCUT2D eigenvalue weighted by atomic mass is 16.4. The lowest BCUT2D eigenvalue weighted by molar-refractivity contribution is -0.136. The van der Waals surface area contributed by atoms with Crippen LogP contribution < -0.4 is 4.90 Å². The molecule has 0 bridgehead atoms. The Morgan fingerprint density at radius 1 is 1.30 bits per heavy atom. The number of hydrogen-bond acceptors (Lipinski definition) is 2. The summed E-state index contributed by atoms with van der Waals surface area (Å²) in [5.41, 5.74) is 1.39. The molecular formula is C17H25NO2. The van der Waals surface area contributed by atoms with Gasteiger partial charge in [-0.25, -0.2) is 0 Å². The minimum atomic E-state index is -0.723. The van der Waals surface area contributed by atoms with Crippen LogP contribution in [0.2, 0.25) is 0 Å². The van der Waals surface area contributed by atoms with Crippen molar-refractivity contribution >= 4 is 11.7 Å². The molecule has 0 saturated heterocycles. The van der Waals surface area contributed by atoms with Gasteiger partial charge < -0.3 is 10.0 Å². The third-order valence-corrected chi connectivity index (χ3v) is 4.48. The minimum absolute atomic E-state index is 0.196. The molecule has 3 heteroatoms. The Morgan fingerprint density at radius 3 is 2.60 bits per heavy atom. The number of benzene rings is 1. The molecule has 1 saturated carbocycles. The maximum Gasteiger partial charge on any atom is 0.305 e. The Bertz CT molecular complexity index is 442. The Balaban J connectivity index is 2.23. The molecule has 1 fully saturated rings. The van der Waals surface area contributed by atoms with Crippen LogP contribution in [0.5, 0.6) is 0 Å². The Kier molecular flexibility index (Phi) is 4.69. The summed E-state index contributed by atoms with van der Waals surface area (Å²) >= 11 is 0. The fourth-order valence-corrected chi connectivity index (χ4v) is 3.35. The number of hydrogen-bond donors (Lipinski definition) is 1. The van der Waals surface area contributed by atoms with E-state index in [1.807, 2.05) is 18.2 Å². The van der Waals surface area contributed by atoms with Crippen LogP contribution in [0, 0.1) is 5.41 Å². The normalized spacial score (nSPS) is 21.4. The molecule has 0 aromatic heterocycles. The highest BCUT2D eigenvalue weighted by Gasteiger charge is 2.36. The first kappa shape index (κ1) is 14.9. The second kappa shape index (κ2) is 6.29. The van der Waals surface area contributed by atoms with Crippen molar-refractivity contribution < 1.29 is 9.90 Å². The average molecular weight is 275 g/mol. The number of rotatable bonds is 5. The third-order valence-electron chi connectivity index (χ3n) is 4.48. The fraction of sp³-hybridized carbons (Fsp3) is 0.588. The number of anilines is 1. The SMILES string of the molecule is CC1(C)CCCCC1N(CCC(=O)O)c1ccccc1. The molecule has 0 radical (unpaired) electrons. The van der Waals surface area contributed by atoms with Gasteiger partial charge in [0.2, 0.25) is 0 Å². The molecular weight excluding hydrogens is 250 g/mol. The lowest BCUT2D eigenvalue weighted by Crippen LogP contribution is -2.48. The first-order valence-corrected chi connectivity index (χ1v) is 7.54. The van der Waals surface area contributed by atoms with E-state index < -0.39 is 5.97 Å². The zero-order chi connectivity index (χ0) is 14.6. The monoisotopic (exact) mass is 275 g/mol. The number of aliphatic carboxylic acids is 1. The Hall–Kier alpha value is -1.51. The molecule has 1 atom stereocenters. The maximum atomic E-state index is 11.0. The zero-order valence-corrected chi connectivity index (χ0v) is 12.5. The van der Waals surface area contributed by atoms with Gasteiger partial charge in [-0.05, 0) is 30.4 Å². The molecule has 0 spiro atoms. The highest BCUT2D eigenvalue weighted by molar-refractivity contribution is 5.67. The van der Waals surface area contributed by atoms with Crippen molar-refractivity contribution in [3.63, 3.8) is 0 Å². The van der Waals surface area contributed by atoms with Crippen LogP contribution >= 0.6 is 0 Å². The van der Waals surface area contributed by atoms with Crippen LogP contribution in [0.25, 0.3) is 0 Å². The molecule has 1 aliphatic carbocycles. The van der Waals surface area contributed by atoms with E-state index in [-0.39, 0.29) is 11.8 Å². The first-order chi connectivity index (χ1) is 9.50. The van der Waals surface area contributed by atoms with Crippen molar-refractivity contribution in [2.75, 3.05) is 11.4 Å². The van der Waals surface area contributed by atoms with Crippen LogP contribution in [0.15, 0.2) is 30.3 Å². The number of nitrogens with zero attached hydrogens (tertiary/aromatic N) is 1. The van der Waals surface area contributed by atoms with E-state index in [9.17, 15) is 4.79 Å². The van der Waals surface area contributed by atoms with Crippen molar-refractivity contribution in [2.45, 2.75) is 52.0 Å². The van der Waals surface area contributed by atoms with E-state index in [1.54, 1.807) is 0 Å². The van der Waals surface area contributed by atoms with E-state index >= 15 is 0 Å². The van der Waals surface area contributed by atoms with Gasteiger partial charge in [0.25, 0.3) is 0 Å². The summed E-state index contributed by atoms with van der Waals surface area (Å²) in [5, 5.41) is 9.01. The van der Waals surface area contributed by atoms with Crippen LogP contribution in [0.4, 0.5) is 5.69 Å². The number of carbonyl (C=O) groups is 1. The smallest absolute Gasteiger partial charge is 0.305 e. The van der Waals surface area contributed by atoms with Gasteiger partial charge in [0.1, 0.15) is 0 Å². The second-order valence-electron chi connectivity index (χ2n) is 6.42. The van der Waals surface area contributed by atoms with Crippen molar-refractivity contribution in [1.82, 2.24) is 0 Å². The van der Waals surface area contributed by atoms with Gasteiger partial charge >= 0.3 is 5.97 Å². The number of para-hydroxylation sites is 1. The molecule has 20 heavy (non-hydrogen) atoms. The molecule has 1 aromatic carbocycles. The second-order valence-corrected chi connectivity index (χ2v) is 6.42. The van der Waals surface area contributed by atoms with E-state index in [2.05, 4.69) is 30.9 Å². The van der Waals surface area contributed by atoms with E-state index in [0.717, 1.165) is 12.1 Å². The molecule has 3 nitrogen and oxygen atoms in total. The van der Waals surface area contributed by atoms with Crippen LogP contribution in [-0.4, -0.2) is 23.7 Å². The molecule has 1 aromatic rings.